The largest absolute Gasteiger partial charge is 0.454 e. The third kappa shape index (κ3) is 3.93. The lowest BCUT2D eigenvalue weighted by Crippen LogP contribution is -2.52. The summed E-state index contributed by atoms with van der Waals surface area (Å²) < 4.78 is 10.8. The second kappa shape index (κ2) is 8.87. The molecule has 0 bridgehead atoms. The van der Waals surface area contributed by atoms with Gasteiger partial charge in [-0.3, -0.25) is 4.79 Å². The second-order valence-electron chi connectivity index (χ2n) is 11.5. The van der Waals surface area contributed by atoms with Gasteiger partial charge in [0.15, 0.2) is 11.5 Å². The molecule has 6 nitrogen and oxygen atoms in total. The molecule has 1 amide bonds. The van der Waals surface area contributed by atoms with Crippen LogP contribution in [0.25, 0.3) is 0 Å². The first-order chi connectivity index (χ1) is 16.2. The third-order valence-corrected chi connectivity index (χ3v) is 9.91. The van der Waals surface area contributed by atoms with Crippen LogP contribution in [0.15, 0.2) is 30.4 Å². The molecule has 7 atom stereocenters. The summed E-state index contributed by atoms with van der Waals surface area (Å²) in [6.45, 7) is 9.83. The highest BCUT2D eigenvalue weighted by molar-refractivity contribution is 5.94. The Labute approximate surface area is 202 Å². The molecule has 186 valence electrons. The van der Waals surface area contributed by atoms with Crippen LogP contribution in [0.5, 0.6) is 11.5 Å². The zero-order valence-electron chi connectivity index (χ0n) is 20.5. The van der Waals surface area contributed by atoms with Crippen LogP contribution >= 0.6 is 0 Å². The zero-order chi connectivity index (χ0) is 24.1. The Morgan fingerprint density at radius 3 is 2.71 bits per heavy atom. The SMILES string of the molecule is C=C1CCC2C(CCNC(=O)c3ccc4c(c3)OCO4)C(C3(C)CCC(O)CC3O)CCC12C. The number of aliphatic hydroxyl groups excluding tert-OH is 2. The summed E-state index contributed by atoms with van der Waals surface area (Å²) in [6, 6.07) is 5.29. The van der Waals surface area contributed by atoms with Crippen molar-refractivity contribution >= 4 is 5.91 Å². The molecule has 3 fully saturated rings. The maximum absolute atomic E-state index is 12.9. The molecule has 4 aliphatic rings. The van der Waals surface area contributed by atoms with Crippen LogP contribution in [0.1, 0.15) is 75.6 Å². The Kier molecular flexibility index (Phi) is 6.18. The number of aliphatic hydroxyl groups is 2. The second-order valence-corrected chi connectivity index (χ2v) is 11.5. The Morgan fingerprint density at radius 2 is 1.91 bits per heavy atom. The number of amides is 1. The van der Waals surface area contributed by atoms with Crippen molar-refractivity contribution in [3.63, 3.8) is 0 Å². The first-order valence-corrected chi connectivity index (χ1v) is 12.9. The number of carbonyl (C=O) groups excluding carboxylic acids is 1. The first kappa shape index (κ1) is 23.7. The van der Waals surface area contributed by atoms with E-state index >= 15 is 0 Å². The van der Waals surface area contributed by atoms with Crippen LogP contribution in [0, 0.1) is 28.6 Å². The van der Waals surface area contributed by atoms with E-state index in [0.717, 1.165) is 44.9 Å². The number of benzene rings is 1. The number of allylic oxidation sites excluding steroid dienone is 1. The number of carbonyl (C=O) groups is 1. The van der Waals surface area contributed by atoms with E-state index in [-0.39, 0.29) is 23.5 Å². The molecule has 3 saturated carbocycles. The Balaban J connectivity index is 1.32. The highest BCUT2D eigenvalue weighted by Gasteiger charge is 2.56. The van der Waals surface area contributed by atoms with Crippen molar-refractivity contribution < 1.29 is 24.5 Å². The van der Waals surface area contributed by atoms with Crippen LogP contribution in [0.3, 0.4) is 0 Å². The van der Waals surface area contributed by atoms with Gasteiger partial charge >= 0.3 is 0 Å². The summed E-state index contributed by atoms with van der Waals surface area (Å²) in [7, 11) is 0. The molecule has 0 saturated heterocycles. The lowest BCUT2D eigenvalue weighted by atomic mass is 9.50. The molecule has 5 rings (SSSR count). The van der Waals surface area contributed by atoms with E-state index in [9.17, 15) is 15.0 Å². The van der Waals surface area contributed by atoms with Crippen LogP contribution in [-0.2, 0) is 0 Å². The van der Waals surface area contributed by atoms with Crippen LogP contribution < -0.4 is 14.8 Å². The molecule has 0 radical (unpaired) electrons. The van der Waals surface area contributed by atoms with Crippen LogP contribution in [0.4, 0.5) is 0 Å². The molecule has 7 unspecified atom stereocenters. The van der Waals surface area contributed by atoms with Crippen molar-refractivity contribution in [2.75, 3.05) is 13.3 Å². The number of rotatable bonds is 5. The zero-order valence-corrected chi connectivity index (χ0v) is 20.5. The van der Waals surface area contributed by atoms with E-state index < -0.39 is 12.2 Å². The summed E-state index contributed by atoms with van der Waals surface area (Å²) in [5, 5.41) is 24.4. The molecule has 34 heavy (non-hydrogen) atoms. The molecule has 1 aliphatic heterocycles. The molecule has 0 spiro atoms. The summed E-state index contributed by atoms with van der Waals surface area (Å²) in [5.41, 5.74) is 1.90. The molecule has 1 aromatic carbocycles. The summed E-state index contributed by atoms with van der Waals surface area (Å²) in [5.74, 6) is 2.49. The minimum absolute atomic E-state index is 0.101. The van der Waals surface area contributed by atoms with Crippen LogP contribution in [-0.4, -0.2) is 41.7 Å². The maximum atomic E-state index is 12.9. The topological polar surface area (TPSA) is 88.0 Å². The Bertz CT molecular complexity index is 962. The average Bonchev–Trinajstić information content (AvgIpc) is 3.40. The normalized spacial score (nSPS) is 39.1. The standard InChI is InChI=1S/C28H39NO5/c1-17-4-6-21-20(10-13-29-26(32)18-5-7-23-24(14-18)34-16-33-23)22(9-12-27(17,21)2)28(3)11-8-19(30)15-25(28)31/h5,7,14,19-22,25,30-31H,1,4,6,8-13,15-16H2,2-3H3,(H,29,32). The van der Waals surface area contributed by atoms with Crippen molar-refractivity contribution in [2.45, 2.75) is 77.4 Å². The summed E-state index contributed by atoms with van der Waals surface area (Å²) in [6.07, 6.45) is 6.48. The minimum atomic E-state index is -0.485. The van der Waals surface area contributed by atoms with Crippen molar-refractivity contribution in [3.8, 4) is 11.5 Å². The fourth-order valence-corrected chi connectivity index (χ4v) is 7.63. The molecule has 3 N–H and O–H groups in total. The molecule has 6 heteroatoms. The number of nitrogens with one attached hydrogen (secondary N) is 1. The fraction of sp³-hybridized carbons (Fsp3) is 0.679. The number of hydrogen-bond donors (Lipinski definition) is 3. The lowest BCUT2D eigenvalue weighted by Gasteiger charge is -2.55. The fourth-order valence-electron chi connectivity index (χ4n) is 7.63. The van der Waals surface area contributed by atoms with Gasteiger partial charge in [0.1, 0.15) is 0 Å². The van der Waals surface area contributed by atoms with E-state index in [4.69, 9.17) is 9.47 Å². The number of fused-ring (bicyclic) bond motifs is 2. The maximum Gasteiger partial charge on any atom is 0.251 e. The lowest BCUT2D eigenvalue weighted by molar-refractivity contribution is -0.120. The number of hydrogen-bond acceptors (Lipinski definition) is 5. The van der Waals surface area contributed by atoms with Crippen molar-refractivity contribution in [1.29, 1.82) is 0 Å². The van der Waals surface area contributed by atoms with Gasteiger partial charge in [0, 0.05) is 12.1 Å². The average molecular weight is 470 g/mol. The van der Waals surface area contributed by atoms with E-state index in [1.165, 1.54) is 5.57 Å². The molecular weight excluding hydrogens is 430 g/mol. The van der Waals surface area contributed by atoms with Crippen molar-refractivity contribution in [3.05, 3.63) is 35.9 Å². The van der Waals surface area contributed by atoms with E-state index in [1.54, 1.807) is 18.2 Å². The molecule has 1 aromatic rings. The third-order valence-electron chi connectivity index (χ3n) is 9.91. The van der Waals surface area contributed by atoms with E-state index in [2.05, 4.69) is 25.7 Å². The molecule has 3 aliphatic carbocycles. The predicted molar refractivity (Wildman–Crippen MR) is 130 cm³/mol. The van der Waals surface area contributed by atoms with Gasteiger partial charge in [-0.15, -0.1) is 0 Å². The van der Waals surface area contributed by atoms with Gasteiger partial charge < -0.3 is 25.0 Å². The summed E-state index contributed by atoms with van der Waals surface area (Å²) in [4.78, 5) is 12.9. The highest BCUT2D eigenvalue weighted by Crippen LogP contribution is 2.63. The predicted octanol–water partition coefficient (Wildman–Crippen LogP) is 4.45. The van der Waals surface area contributed by atoms with E-state index in [0.29, 0.717) is 47.8 Å². The van der Waals surface area contributed by atoms with Gasteiger partial charge in [0.05, 0.1) is 12.2 Å². The molecule has 1 heterocycles. The molecular formula is C28H39NO5. The Hall–Kier alpha value is -2.05. The minimum Gasteiger partial charge on any atom is -0.454 e. The van der Waals surface area contributed by atoms with E-state index in [1.807, 2.05) is 0 Å². The van der Waals surface area contributed by atoms with Gasteiger partial charge in [-0.05, 0) is 98.1 Å². The van der Waals surface area contributed by atoms with Gasteiger partial charge in [-0.1, -0.05) is 26.0 Å². The first-order valence-electron chi connectivity index (χ1n) is 12.9. The summed E-state index contributed by atoms with van der Waals surface area (Å²) >= 11 is 0. The highest BCUT2D eigenvalue weighted by atomic mass is 16.7. The Morgan fingerprint density at radius 1 is 1.12 bits per heavy atom. The van der Waals surface area contributed by atoms with Gasteiger partial charge in [-0.2, -0.15) is 0 Å². The monoisotopic (exact) mass is 469 g/mol. The van der Waals surface area contributed by atoms with Crippen molar-refractivity contribution in [2.24, 2.45) is 28.6 Å². The van der Waals surface area contributed by atoms with Gasteiger partial charge in [0.2, 0.25) is 6.79 Å². The quantitative estimate of drug-likeness (QED) is 0.555. The van der Waals surface area contributed by atoms with Crippen LogP contribution in [0.2, 0.25) is 0 Å². The van der Waals surface area contributed by atoms with Gasteiger partial charge in [-0.25, -0.2) is 0 Å². The number of ether oxygens (including phenoxy) is 2. The van der Waals surface area contributed by atoms with Crippen molar-refractivity contribution in [1.82, 2.24) is 5.32 Å². The van der Waals surface area contributed by atoms with Gasteiger partial charge in [0.25, 0.3) is 5.91 Å². The smallest absolute Gasteiger partial charge is 0.251 e. The molecule has 0 aromatic heterocycles.